The molecule has 0 fully saturated rings. The maximum absolute atomic E-state index is 5.45. The van der Waals surface area contributed by atoms with Gasteiger partial charge < -0.3 is 9.88 Å². The molecule has 242 valence electrons. The van der Waals surface area contributed by atoms with Gasteiger partial charge in [0.05, 0.1) is 27.8 Å². The Balaban J connectivity index is 1.07. The maximum Gasteiger partial charge on any atom is 0.209 e. The summed E-state index contributed by atoms with van der Waals surface area (Å²) < 4.78 is 4.74. The van der Waals surface area contributed by atoms with Crippen molar-refractivity contribution in [2.45, 2.75) is 12.7 Å². The van der Waals surface area contributed by atoms with E-state index in [0.29, 0.717) is 0 Å². The molecule has 1 aliphatic rings. The van der Waals surface area contributed by atoms with Gasteiger partial charge >= 0.3 is 0 Å². The van der Waals surface area contributed by atoms with Gasteiger partial charge in [-0.3, -0.25) is 4.57 Å². The standard InChI is InChI=1S/C47H34N4/c1-47(48-29-28-42(49-47)36-15-11-14-35(30-36)34-24-22-33(23-25-34)32-12-3-2-4-13-32)51-45-21-10-7-18-40(45)41-31-37(26-27-46(41)51)50-43-19-8-5-16-38(43)39-17-6-9-20-44(39)50/h2-31,48H,1H3. The lowest BCUT2D eigenvalue weighted by Gasteiger charge is -2.33. The lowest BCUT2D eigenvalue weighted by Crippen LogP contribution is -2.43. The minimum atomic E-state index is -0.757. The van der Waals surface area contributed by atoms with Gasteiger partial charge in [-0.15, -0.1) is 0 Å². The Labute approximate surface area is 296 Å². The predicted molar refractivity (Wildman–Crippen MR) is 214 cm³/mol. The number of para-hydroxylation sites is 3. The zero-order valence-electron chi connectivity index (χ0n) is 28.2. The minimum Gasteiger partial charge on any atom is -0.350 e. The molecule has 0 saturated carbocycles. The Hall–Kier alpha value is -6.65. The van der Waals surface area contributed by atoms with Crippen molar-refractivity contribution in [2.75, 3.05) is 0 Å². The van der Waals surface area contributed by atoms with Gasteiger partial charge in [0.25, 0.3) is 0 Å². The van der Waals surface area contributed by atoms with E-state index < -0.39 is 5.79 Å². The van der Waals surface area contributed by atoms with Crippen LogP contribution in [0.3, 0.4) is 0 Å². The first-order chi connectivity index (χ1) is 25.1. The van der Waals surface area contributed by atoms with Crippen LogP contribution in [0.4, 0.5) is 0 Å². The molecule has 51 heavy (non-hydrogen) atoms. The van der Waals surface area contributed by atoms with Crippen molar-refractivity contribution < 1.29 is 0 Å². The van der Waals surface area contributed by atoms with E-state index in [2.05, 4.69) is 197 Å². The van der Waals surface area contributed by atoms with Gasteiger partial charge in [0.15, 0.2) is 0 Å². The molecule has 4 nitrogen and oxygen atoms in total. The normalized spacial score (nSPS) is 15.8. The third-order valence-corrected chi connectivity index (χ3v) is 10.3. The van der Waals surface area contributed by atoms with Crippen molar-refractivity contribution in [2.24, 2.45) is 4.99 Å². The van der Waals surface area contributed by atoms with Crippen LogP contribution in [-0.2, 0) is 5.79 Å². The van der Waals surface area contributed by atoms with Crippen LogP contribution in [0.5, 0.6) is 0 Å². The van der Waals surface area contributed by atoms with Crippen LogP contribution in [0.2, 0.25) is 0 Å². The molecule has 0 spiro atoms. The highest BCUT2D eigenvalue weighted by atomic mass is 15.4. The molecule has 0 saturated heterocycles. The second kappa shape index (κ2) is 11.5. The zero-order chi connectivity index (χ0) is 33.9. The van der Waals surface area contributed by atoms with E-state index in [1.54, 1.807) is 0 Å². The molecule has 0 bridgehead atoms. The fourth-order valence-corrected chi connectivity index (χ4v) is 7.97. The van der Waals surface area contributed by atoms with E-state index in [1.165, 1.54) is 49.3 Å². The number of aromatic nitrogens is 2. The van der Waals surface area contributed by atoms with E-state index >= 15 is 0 Å². The van der Waals surface area contributed by atoms with E-state index in [-0.39, 0.29) is 0 Å². The van der Waals surface area contributed by atoms with Crippen LogP contribution >= 0.6 is 0 Å². The molecule has 0 amide bonds. The summed E-state index contributed by atoms with van der Waals surface area (Å²) in [4.78, 5) is 5.45. The number of aliphatic imine (C=N–C) groups is 1. The first kappa shape index (κ1) is 29.3. The molecular formula is C47H34N4. The van der Waals surface area contributed by atoms with Crippen molar-refractivity contribution in [1.29, 1.82) is 0 Å². The molecule has 7 aromatic carbocycles. The van der Waals surface area contributed by atoms with Crippen LogP contribution in [0, 0.1) is 0 Å². The Bertz CT molecular complexity index is 2780. The summed E-state index contributed by atoms with van der Waals surface area (Å²) in [5, 5.41) is 8.55. The van der Waals surface area contributed by atoms with Crippen molar-refractivity contribution in [3.63, 3.8) is 0 Å². The zero-order valence-corrected chi connectivity index (χ0v) is 28.2. The van der Waals surface area contributed by atoms with Crippen LogP contribution in [0.25, 0.3) is 71.6 Å². The third kappa shape index (κ3) is 4.72. The topological polar surface area (TPSA) is 34.2 Å². The van der Waals surface area contributed by atoms with Gasteiger partial charge in [-0.1, -0.05) is 127 Å². The van der Waals surface area contributed by atoms with Gasteiger partial charge in [-0.05, 0) is 77.7 Å². The third-order valence-electron chi connectivity index (χ3n) is 10.3. The number of allylic oxidation sites excluding steroid dienone is 1. The van der Waals surface area contributed by atoms with Crippen LogP contribution in [-0.4, -0.2) is 14.8 Å². The van der Waals surface area contributed by atoms with Crippen molar-refractivity contribution in [1.82, 2.24) is 14.5 Å². The summed E-state index contributed by atoms with van der Waals surface area (Å²) in [6, 6.07) is 60.9. The monoisotopic (exact) mass is 654 g/mol. The number of hydrogen-bond donors (Lipinski definition) is 1. The van der Waals surface area contributed by atoms with Gasteiger partial charge in [-0.25, -0.2) is 4.99 Å². The predicted octanol–water partition coefficient (Wildman–Crippen LogP) is 11.5. The van der Waals surface area contributed by atoms with Gasteiger partial charge in [0.1, 0.15) is 0 Å². The SMILES string of the molecule is CC1(n2c3ccccc3c3cc(-n4c5ccccc5c5ccccc54)ccc32)N=C(c2cccc(-c3ccc(-c4ccccc4)cc3)c2)C=CN1. The fraction of sp³-hybridized carbons (Fsp3) is 0.0426. The molecule has 1 aliphatic heterocycles. The van der Waals surface area contributed by atoms with Gasteiger partial charge in [-0.2, -0.15) is 0 Å². The summed E-state index contributed by atoms with van der Waals surface area (Å²) in [6.45, 7) is 2.16. The first-order valence-corrected chi connectivity index (χ1v) is 17.5. The lowest BCUT2D eigenvalue weighted by molar-refractivity contribution is 0.309. The van der Waals surface area contributed by atoms with E-state index in [4.69, 9.17) is 4.99 Å². The second-order valence-electron chi connectivity index (χ2n) is 13.4. The van der Waals surface area contributed by atoms with E-state index in [0.717, 1.165) is 33.6 Å². The number of hydrogen-bond acceptors (Lipinski definition) is 2. The average Bonchev–Trinajstić information content (AvgIpc) is 3.72. The molecule has 2 aromatic heterocycles. The highest BCUT2D eigenvalue weighted by Crippen LogP contribution is 2.38. The number of fused-ring (bicyclic) bond motifs is 6. The summed E-state index contributed by atoms with van der Waals surface area (Å²) in [5.41, 5.74) is 12.6. The number of benzene rings is 7. The molecular weight excluding hydrogens is 621 g/mol. The largest absolute Gasteiger partial charge is 0.350 e. The molecule has 3 heterocycles. The molecule has 1 unspecified atom stereocenters. The van der Waals surface area contributed by atoms with Gasteiger partial charge in [0, 0.05) is 39.0 Å². The van der Waals surface area contributed by atoms with Crippen LogP contribution in [0.1, 0.15) is 12.5 Å². The summed E-state index contributed by atoms with van der Waals surface area (Å²) in [5.74, 6) is -0.757. The first-order valence-electron chi connectivity index (χ1n) is 17.5. The molecule has 0 radical (unpaired) electrons. The Morgan fingerprint density at radius 1 is 0.451 bits per heavy atom. The molecule has 0 aliphatic carbocycles. The smallest absolute Gasteiger partial charge is 0.209 e. The second-order valence-corrected chi connectivity index (χ2v) is 13.4. The Morgan fingerprint density at radius 2 is 0.980 bits per heavy atom. The highest BCUT2D eigenvalue weighted by Gasteiger charge is 2.31. The number of nitrogens with one attached hydrogen (secondary N) is 1. The molecule has 10 rings (SSSR count). The maximum atomic E-state index is 5.45. The van der Waals surface area contributed by atoms with Crippen LogP contribution < -0.4 is 5.32 Å². The van der Waals surface area contributed by atoms with E-state index in [9.17, 15) is 0 Å². The molecule has 4 heteroatoms. The van der Waals surface area contributed by atoms with Crippen molar-refractivity contribution in [3.05, 3.63) is 188 Å². The summed E-state index contributed by atoms with van der Waals surface area (Å²) in [7, 11) is 0. The molecule has 1 N–H and O–H groups in total. The minimum absolute atomic E-state index is 0.757. The molecule has 9 aromatic rings. The lowest BCUT2D eigenvalue weighted by atomic mass is 9.98. The Morgan fingerprint density at radius 3 is 1.69 bits per heavy atom. The van der Waals surface area contributed by atoms with Crippen molar-refractivity contribution >= 4 is 49.3 Å². The van der Waals surface area contributed by atoms with Crippen molar-refractivity contribution in [3.8, 4) is 27.9 Å². The summed E-state index contributed by atoms with van der Waals surface area (Å²) >= 11 is 0. The quantitative estimate of drug-likeness (QED) is 0.197. The summed E-state index contributed by atoms with van der Waals surface area (Å²) in [6.07, 6.45) is 4.12. The average molecular weight is 655 g/mol. The fourth-order valence-electron chi connectivity index (χ4n) is 7.97. The van der Waals surface area contributed by atoms with E-state index in [1.807, 2.05) is 6.20 Å². The van der Waals surface area contributed by atoms with Crippen LogP contribution in [0.15, 0.2) is 187 Å². The Kier molecular flexibility index (Phi) is 6.58. The number of rotatable bonds is 5. The van der Waals surface area contributed by atoms with Gasteiger partial charge in [0.2, 0.25) is 5.79 Å². The molecule has 1 atom stereocenters. The number of nitrogens with zero attached hydrogens (tertiary/aromatic N) is 3. The highest BCUT2D eigenvalue weighted by molar-refractivity contribution is 6.12.